The van der Waals surface area contributed by atoms with E-state index in [2.05, 4.69) is 43.4 Å². The van der Waals surface area contributed by atoms with Crippen molar-refractivity contribution in [1.82, 2.24) is 5.32 Å². The first-order chi connectivity index (χ1) is 9.19. The largest absolute Gasteiger partial charge is 0.396 e. The maximum Gasteiger partial charge on any atom is 0.0436 e. The fourth-order valence-electron chi connectivity index (χ4n) is 2.68. The lowest BCUT2D eigenvalue weighted by Gasteiger charge is -2.20. The standard InChI is InChI=1S/C17H27NO/c1-3-4-15-5-7-16(8-6-15)14(2)18-13-17(9-10-17)11-12-19/h5-8,14,18-19H,3-4,9-13H2,1-2H3. The van der Waals surface area contributed by atoms with Gasteiger partial charge in [-0.25, -0.2) is 0 Å². The Kier molecular flexibility index (Phi) is 5.00. The minimum atomic E-state index is 0.321. The first kappa shape index (κ1) is 14.5. The van der Waals surface area contributed by atoms with Gasteiger partial charge in [-0.3, -0.25) is 0 Å². The highest BCUT2D eigenvalue weighted by molar-refractivity contribution is 5.24. The molecule has 0 radical (unpaired) electrons. The quantitative estimate of drug-likeness (QED) is 0.751. The molecular weight excluding hydrogens is 234 g/mol. The van der Waals surface area contributed by atoms with Crippen LogP contribution in [0.1, 0.15) is 56.7 Å². The summed E-state index contributed by atoms with van der Waals surface area (Å²) in [6.07, 6.45) is 5.85. The maximum atomic E-state index is 9.08. The summed E-state index contributed by atoms with van der Waals surface area (Å²) in [5.74, 6) is 0. The van der Waals surface area contributed by atoms with E-state index in [9.17, 15) is 0 Å². The number of hydrogen-bond donors (Lipinski definition) is 2. The molecule has 2 heteroatoms. The number of aliphatic hydroxyl groups excluding tert-OH is 1. The fourth-order valence-corrected chi connectivity index (χ4v) is 2.68. The van der Waals surface area contributed by atoms with Gasteiger partial charge in [0, 0.05) is 19.2 Å². The Morgan fingerprint density at radius 2 is 1.95 bits per heavy atom. The smallest absolute Gasteiger partial charge is 0.0436 e. The molecule has 1 unspecified atom stereocenters. The van der Waals surface area contributed by atoms with Gasteiger partial charge in [-0.15, -0.1) is 0 Å². The zero-order valence-electron chi connectivity index (χ0n) is 12.3. The molecule has 0 saturated heterocycles. The highest BCUT2D eigenvalue weighted by Gasteiger charge is 2.41. The summed E-state index contributed by atoms with van der Waals surface area (Å²) in [5, 5.41) is 12.7. The summed E-state index contributed by atoms with van der Waals surface area (Å²) in [5.41, 5.74) is 3.18. The molecule has 1 aromatic rings. The van der Waals surface area contributed by atoms with Gasteiger partial charge in [-0.05, 0) is 49.1 Å². The van der Waals surface area contributed by atoms with Gasteiger partial charge < -0.3 is 10.4 Å². The molecule has 2 rings (SSSR count). The molecule has 0 spiro atoms. The predicted molar refractivity (Wildman–Crippen MR) is 80.2 cm³/mol. The molecule has 0 bridgehead atoms. The molecule has 1 atom stereocenters. The number of hydrogen-bond acceptors (Lipinski definition) is 2. The number of rotatable bonds is 8. The molecule has 19 heavy (non-hydrogen) atoms. The summed E-state index contributed by atoms with van der Waals surface area (Å²) in [7, 11) is 0. The van der Waals surface area contributed by atoms with Crippen molar-refractivity contribution in [3.8, 4) is 0 Å². The Hall–Kier alpha value is -0.860. The van der Waals surface area contributed by atoms with Crippen LogP contribution < -0.4 is 5.32 Å². The van der Waals surface area contributed by atoms with Crippen LogP contribution >= 0.6 is 0 Å². The van der Waals surface area contributed by atoms with Gasteiger partial charge in [-0.1, -0.05) is 37.6 Å². The van der Waals surface area contributed by atoms with E-state index in [1.165, 1.54) is 36.8 Å². The second kappa shape index (κ2) is 6.53. The van der Waals surface area contributed by atoms with Crippen molar-refractivity contribution >= 4 is 0 Å². The maximum absolute atomic E-state index is 9.08. The fraction of sp³-hybridized carbons (Fsp3) is 0.647. The average Bonchev–Trinajstić information content (AvgIpc) is 3.18. The van der Waals surface area contributed by atoms with Gasteiger partial charge in [-0.2, -0.15) is 0 Å². The molecule has 1 aliphatic rings. The van der Waals surface area contributed by atoms with E-state index in [-0.39, 0.29) is 0 Å². The monoisotopic (exact) mass is 261 g/mol. The number of benzene rings is 1. The van der Waals surface area contributed by atoms with Gasteiger partial charge in [0.15, 0.2) is 0 Å². The van der Waals surface area contributed by atoms with Crippen LogP contribution in [0.3, 0.4) is 0 Å². The Morgan fingerprint density at radius 3 is 2.47 bits per heavy atom. The predicted octanol–water partition coefficient (Wildman–Crippen LogP) is 3.45. The first-order valence-corrected chi connectivity index (χ1v) is 7.62. The molecule has 0 heterocycles. The normalized spacial score (nSPS) is 18.3. The second-order valence-corrected chi connectivity index (χ2v) is 6.07. The molecule has 0 aromatic heterocycles. The van der Waals surface area contributed by atoms with E-state index >= 15 is 0 Å². The number of nitrogens with one attached hydrogen (secondary N) is 1. The molecule has 0 aliphatic heterocycles. The van der Waals surface area contributed by atoms with Crippen molar-refractivity contribution in [3.05, 3.63) is 35.4 Å². The van der Waals surface area contributed by atoms with Gasteiger partial charge >= 0.3 is 0 Å². The summed E-state index contributed by atoms with van der Waals surface area (Å²) in [6.45, 7) is 5.80. The summed E-state index contributed by atoms with van der Waals surface area (Å²) in [4.78, 5) is 0. The topological polar surface area (TPSA) is 32.3 Å². The lowest BCUT2D eigenvalue weighted by molar-refractivity contribution is 0.243. The van der Waals surface area contributed by atoms with Crippen LogP contribution in [0, 0.1) is 5.41 Å². The third-order valence-corrected chi connectivity index (χ3v) is 4.40. The van der Waals surface area contributed by atoms with Crippen LogP contribution in [-0.2, 0) is 6.42 Å². The minimum Gasteiger partial charge on any atom is -0.396 e. The lowest BCUT2D eigenvalue weighted by atomic mass is 10.0. The Balaban J connectivity index is 1.84. The molecule has 1 fully saturated rings. The highest BCUT2D eigenvalue weighted by atomic mass is 16.3. The molecule has 2 N–H and O–H groups in total. The Morgan fingerprint density at radius 1 is 1.26 bits per heavy atom. The van der Waals surface area contributed by atoms with Crippen molar-refractivity contribution in [2.45, 2.75) is 52.0 Å². The van der Waals surface area contributed by atoms with Crippen LogP contribution in [-0.4, -0.2) is 18.3 Å². The van der Waals surface area contributed by atoms with Crippen molar-refractivity contribution in [2.24, 2.45) is 5.41 Å². The van der Waals surface area contributed by atoms with Gasteiger partial charge in [0.2, 0.25) is 0 Å². The first-order valence-electron chi connectivity index (χ1n) is 7.62. The van der Waals surface area contributed by atoms with Crippen molar-refractivity contribution < 1.29 is 5.11 Å². The van der Waals surface area contributed by atoms with E-state index < -0.39 is 0 Å². The van der Waals surface area contributed by atoms with E-state index in [0.29, 0.717) is 18.1 Å². The van der Waals surface area contributed by atoms with Crippen LogP contribution in [0.25, 0.3) is 0 Å². The SMILES string of the molecule is CCCc1ccc(C(C)NCC2(CCO)CC2)cc1. The van der Waals surface area contributed by atoms with Crippen molar-refractivity contribution in [3.63, 3.8) is 0 Å². The van der Waals surface area contributed by atoms with Gasteiger partial charge in [0.05, 0.1) is 0 Å². The Bertz CT molecular complexity index is 381. The molecule has 1 aromatic carbocycles. The van der Waals surface area contributed by atoms with Crippen LogP contribution in [0.15, 0.2) is 24.3 Å². The molecule has 1 saturated carbocycles. The highest BCUT2D eigenvalue weighted by Crippen LogP contribution is 2.48. The molecule has 0 amide bonds. The molecule has 106 valence electrons. The zero-order chi connectivity index (χ0) is 13.7. The molecule has 1 aliphatic carbocycles. The lowest BCUT2D eigenvalue weighted by Crippen LogP contribution is -2.27. The van der Waals surface area contributed by atoms with Gasteiger partial charge in [0.1, 0.15) is 0 Å². The van der Waals surface area contributed by atoms with Crippen LogP contribution in [0.2, 0.25) is 0 Å². The number of aliphatic hydroxyl groups is 1. The summed E-state index contributed by atoms with van der Waals surface area (Å²) < 4.78 is 0. The van der Waals surface area contributed by atoms with Crippen molar-refractivity contribution in [2.75, 3.05) is 13.2 Å². The van der Waals surface area contributed by atoms with Crippen molar-refractivity contribution in [1.29, 1.82) is 0 Å². The van der Waals surface area contributed by atoms with Gasteiger partial charge in [0.25, 0.3) is 0 Å². The zero-order valence-corrected chi connectivity index (χ0v) is 12.3. The Labute approximate surface area is 117 Å². The van der Waals surface area contributed by atoms with E-state index in [0.717, 1.165) is 13.0 Å². The van der Waals surface area contributed by atoms with Crippen LogP contribution in [0.4, 0.5) is 0 Å². The molecule has 2 nitrogen and oxygen atoms in total. The summed E-state index contributed by atoms with van der Waals surface area (Å²) >= 11 is 0. The minimum absolute atomic E-state index is 0.321. The second-order valence-electron chi connectivity index (χ2n) is 6.07. The van der Waals surface area contributed by atoms with E-state index in [1.54, 1.807) is 0 Å². The third kappa shape index (κ3) is 4.05. The average molecular weight is 261 g/mol. The third-order valence-electron chi connectivity index (χ3n) is 4.40. The van der Waals surface area contributed by atoms with E-state index in [4.69, 9.17) is 5.11 Å². The number of aryl methyl sites for hydroxylation is 1. The van der Waals surface area contributed by atoms with E-state index in [1.807, 2.05) is 0 Å². The van der Waals surface area contributed by atoms with Crippen LogP contribution in [0.5, 0.6) is 0 Å². The summed E-state index contributed by atoms with van der Waals surface area (Å²) in [6, 6.07) is 9.38. The molecular formula is C17H27NO.